The van der Waals surface area contributed by atoms with E-state index in [1.165, 1.54) is 18.2 Å². The molecule has 0 bridgehead atoms. The van der Waals surface area contributed by atoms with Crippen molar-refractivity contribution in [3.63, 3.8) is 0 Å². The summed E-state index contributed by atoms with van der Waals surface area (Å²) < 4.78 is 18.7. The number of anilines is 2. The molecule has 0 aliphatic carbocycles. The molecule has 0 spiro atoms. The summed E-state index contributed by atoms with van der Waals surface area (Å²) in [5, 5.41) is 14.4. The van der Waals surface area contributed by atoms with Crippen LogP contribution in [0.4, 0.5) is 20.6 Å². The van der Waals surface area contributed by atoms with E-state index in [-0.39, 0.29) is 17.1 Å². The third-order valence-corrected chi connectivity index (χ3v) is 5.96. The van der Waals surface area contributed by atoms with Crippen molar-refractivity contribution in [2.24, 2.45) is 0 Å². The van der Waals surface area contributed by atoms with Crippen molar-refractivity contribution >= 4 is 34.6 Å². The van der Waals surface area contributed by atoms with E-state index in [0.29, 0.717) is 29.5 Å². The van der Waals surface area contributed by atoms with Crippen LogP contribution in [0.1, 0.15) is 40.6 Å². The molecule has 166 valence electrons. The molecule has 1 fully saturated rings. The second kappa shape index (κ2) is 9.73. The van der Waals surface area contributed by atoms with Crippen LogP contribution in [0.15, 0.2) is 48.5 Å². The van der Waals surface area contributed by atoms with Crippen LogP contribution in [0.25, 0.3) is 0 Å². The minimum Gasteiger partial charge on any atom is -0.494 e. The highest BCUT2D eigenvalue weighted by Crippen LogP contribution is 2.34. The number of nitrogens with one attached hydrogen (secondary N) is 2. The highest BCUT2D eigenvalue weighted by molar-refractivity contribution is 7.13. The van der Waals surface area contributed by atoms with Gasteiger partial charge in [0.05, 0.1) is 12.6 Å². The van der Waals surface area contributed by atoms with E-state index in [0.717, 1.165) is 29.9 Å². The van der Waals surface area contributed by atoms with Gasteiger partial charge in [0.1, 0.15) is 16.6 Å². The Morgan fingerprint density at radius 2 is 1.97 bits per heavy atom. The van der Waals surface area contributed by atoms with Gasteiger partial charge in [-0.2, -0.15) is 0 Å². The highest BCUT2D eigenvalue weighted by atomic mass is 32.1. The molecule has 2 heterocycles. The summed E-state index contributed by atoms with van der Waals surface area (Å²) in [7, 11) is 0. The van der Waals surface area contributed by atoms with Crippen LogP contribution >= 0.6 is 11.3 Å². The van der Waals surface area contributed by atoms with Gasteiger partial charge in [-0.05, 0) is 62.2 Å². The summed E-state index contributed by atoms with van der Waals surface area (Å²) >= 11 is 1.13. The second-order valence-corrected chi connectivity index (χ2v) is 8.16. The number of amides is 3. The summed E-state index contributed by atoms with van der Waals surface area (Å²) in [5.74, 6) is -0.175. The molecule has 2 aromatic carbocycles. The Bertz CT molecular complexity index is 1100. The molecule has 1 atom stereocenters. The predicted octanol–water partition coefficient (Wildman–Crippen LogP) is 4.70. The Kier molecular flexibility index (Phi) is 6.60. The van der Waals surface area contributed by atoms with Crippen molar-refractivity contribution in [1.29, 1.82) is 0 Å². The lowest BCUT2D eigenvalue weighted by atomic mass is 10.2. The van der Waals surface area contributed by atoms with Gasteiger partial charge in [-0.1, -0.05) is 17.4 Å². The number of nitrogens with zero attached hydrogens (tertiary/aromatic N) is 3. The number of aromatic nitrogens is 2. The van der Waals surface area contributed by atoms with Gasteiger partial charge in [0.25, 0.3) is 5.91 Å². The van der Waals surface area contributed by atoms with E-state index < -0.39 is 11.7 Å². The predicted molar refractivity (Wildman–Crippen MR) is 120 cm³/mol. The number of hydrogen-bond donors (Lipinski definition) is 2. The van der Waals surface area contributed by atoms with Gasteiger partial charge in [0, 0.05) is 17.9 Å². The highest BCUT2D eigenvalue weighted by Gasteiger charge is 2.33. The standard InChI is InChI=1S/C22H22FN5O3S/c1-2-31-17-10-8-15(9-11-17)25-22(30)28-12-4-7-18(28)20-26-27-21(32-20)19(29)24-16-6-3-5-14(23)13-16/h3,5-6,8-11,13,18H,2,4,7,12H2,1H3,(H,24,29)(H,25,30)/t18-/m0/s1. The Morgan fingerprint density at radius 1 is 1.16 bits per heavy atom. The molecule has 1 aliphatic heterocycles. The van der Waals surface area contributed by atoms with Crippen LogP contribution in [-0.4, -0.2) is 40.2 Å². The van der Waals surface area contributed by atoms with Crippen LogP contribution in [-0.2, 0) is 0 Å². The fourth-order valence-electron chi connectivity index (χ4n) is 3.47. The topological polar surface area (TPSA) is 96.4 Å². The normalized spacial score (nSPS) is 15.4. The Labute approximate surface area is 188 Å². The number of ether oxygens (including phenoxy) is 1. The number of carbonyl (C=O) groups is 2. The van der Waals surface area contributed by atoms with Gasteiger partial charge in [-0.15, -0.1) is 10.2 Å². The van der Waals surface area contributed by atoms with Gasteiger partial charge in [-0.3, -0.25) is 4.79 Å². The van der Waals surface area contributed by atoms with E-state index in [1.807, 2.05) is 6.92 Å². The summed E-state index contributed by atoms with van der Waals surface area (Å²) in [6, 6.07) is 12.3. The number of hydrogen-bond acceptors (Lipinski definition) is 6. The molecule has 32 heavy (non-hydrogen) atoms. The van der Waals surface area contributed by atoms with Crippen molar-refractivity contribution in [3.8, 4) is 5.75 Å². The van der Waals surface area contributed by atoms with Crippen LogP contribution in [0, 0.1) is 5.82 Å². The first kappa shape index (κ1) is 21.7. The average molecular weight is 456 g/mol. The molecular formula is C22H22FN5O3S. The molecular weight excluding hydrogens is 433 g/mol. The Hall–Kier alpha value is -3.53. The SMILES string of the molecule is CCOc1ccc(NC(=O)N2CCC[C@H]2c2nnc(C(=O)Nc3cccc(F)c3)s2)cc1. The maximum atomic E-state index is 13.3. The van der Waals surface area contributed by atoms with Gasteiger partial charge in [0.2, 0.25) is 5.01 Å². The maximum absolute atomic E-state index is 13.3. The number of likely N-dealkylation sites (tertiary alicyclic amines) is 1. The zero-order valence-electron chi connectivity index (χ0n) is 17.4. The first-order valence-electron chi connectivity index (χ1n) is 10.2. The second-order valence-electron chi connectivity index (χ2n) is 7.15. The molecule has 0 radical (unpaired) electrons. The number of urea groups is 1. The van der Waals surface area contributed by atoms with E-state index in [9.17, 15) is 14.0 Å². The molecule has 0 saturated carbocycles. The number of halogens is 1. The number of rotatable bonds is 6. The monoisotopic (exact) mass is 455 g/mol. The van der Waals surface area contributed by atoms with E-state index in [2.05, 4.69) is 20.8 Å². The van der Waals surface area contributed by atoms with Crippen LogP contribution < -0.4 is 15.4 Å². The number of benzene rings is 2. The Balaban J connectivity index is 1.41. The maximum Gasteiger partial charge on any atom is 0.322 e. The molecule has 1 aliphatic rings. The van der Waals surface area contributed by atoms with Crippen LogP contribution in [0.5, 0.6) is 5.75 Å². The summed E-state index contributed by atoms with van der Waals surface area (Å²) in [6.45, 7) is 3.07. The van der Waals surface area contributed by atoms with Crippen molar-refractivity contribution in [3.05, 3.63) is 64.4 Å². The van der Waals surface area contributed by atoms with Crippen molar-refractivity contribution < 1.29 is 18.7 Å². The lowest BCUT2D eigenvalue weighted by Gasteiger charge is -2.23. The largest absolute Gasteiger partial charge is 0.494 e. The summed E-state index contributed by atoms with van der Waals surface area (Å²) in [4.78, 5) is 27.0. The van der Waals surface area contributed by atoms with Crippen molar-refractivity contribution in [2.75, 3.05) is 23.8 Å². The van der Waals surface area contributed by atoms with Crippen LogP contribution in [0.2, 0.25) is 0 Å². The quantitative estimate of drug-likeness (QED) is 0.562. The first-order valence-corrected chi connectivity index (χ1v) is 11.1. The minimum atomic E-state index is -0.470. The molecule has 0 unspecified atom stereocenters. The molecule has 2 N–H and O–H groups in total. The molecule has 1 saturated heterocycles. The molecule has 10 heteroatoms. The lowest BCUT2D eigenvalue weighted by Crippen LogP contribution is -2.34. The summed E-state index contributed by atoms with van der Waals surface area (Å²) in [5.41, 5.74) is 1.00. The first-order chi connectivity index (χ1) is 15.5. The summed E-state index contributed by atoms with van der Waals surface area (Å²) in [6.07, 6.45) is 1.56. The molecule has 3 aromatic rings. The lowest BCUT2D eigenvalue weighted by molar-refractivity contribution is 0.102. The fraction of sp³-hybridized carbons (Fsp3) is 0.273. The smallest absolute Gasteiger partial charge is 0.322 e. The van der Waals surface area contributed by atoms with E-state index in [1.54, 1.807) is 35.2 Å². The third-order valence-electron chi connectivity index (χ3n) is 4.93. The van der Waals surface area contributed by atoms with Gasteiger partial charge in [0.15, 0.2) is 0 Å². The van der Waals surface area contributed by atoms with Gasteiger partial charge < -0.3 is 20.3 Å². The van der Waals surface area contributed by atoms with E-state index >= 15 is 0 Å². The molecule has 4 rings (SSSR count). The van der Waals surface area contributed by atoms with Crippen molar-refractivity contribution in [1.82, 2.24) is 15.1 Å². The van der Waals surface area contributed by atoms with Crippen molar-refractivity contribution in [2.45, 2.75) is 25.8 Å². The molecule has 3 amide bonds. The van der Waals surface area contributed by atoms with E-state index in [4.69, 9.17) is 4.74 Å². The van der Waals surface area contributed by atoms with Gasteiger partial charge in [-0.25, -0.2) is 9.18 Å². The average Bonchev–Trinajstić information content (AvgIpc) is 3.45. The molecule has 8 nitrogen and oxygen atoms in total. The zero-order chi connectivity index (χ0) is 22.5. The third kappa shape index (κ3) is 5.02. The number of carbonyl (C=O) groups excluding carboxylic acids is 2. The van der Waals surface area contributed by atoms with Gasteiger partial charge >= 0.3 is 6.03 Å². The van der Waals surface area contributed by atoms with Crippen LogP contribution in [0.3, 0.4) is 0 Å². The molecule has 1 aromatic heterocycles. The zero-order valence-corrected chi connectivity index (χ0v) is 18.2. The Morgan fingerprint density at radius 3 is 2.72 bits per heavy atom. The fourth-order valence-corrected chi connectivity index (χ4v) is 4.36. The minimum absolute atomic E-state index is 0.156.